The fourth-order valence-electron chi connectivity index (χ4n) is 1.23. The standard InChI is InChI=1S/C10H13N3O/c11-6-9-5-7(3-4-12-9)10(14)13-8-1-2-8/h3-5,8H,1-2,6,11H2,(H,13,14). The Bertz CT molecular complexity index is 347. The van der Waals surface area contributed by atoms with Crippen molar-refractivity contribution in [3.63, 3.8) is 0 Å². The van der Waals surface area contributed by atoms with Crippen LogP contribution in [-0.2, 0) is 6.54 Å². The molecule has 1 saturated carbocycles. The number of nitrogens with zero attached hydrogens (tertiary/aromatic N) is 1. The summed E-state index contributed by atoms with van der Waals surface area (Å²) in [7, 11) is 0. The van der Waals surface area contributed by atoms with Gasteiger partial charge in [0.1, 0.15) is 0 Å². The lowest BCUT2D eigenvalue weighted by Crippen LogP contribution is -2.25. The number of pyridine rings is 1. The van der Waals surface area contributed by atoms with Gasteiger partial charge in [-0.15, -0.1) is 0 Å². The first-order valence-corrected chi connectivity index (χ1v) is 4.75. The third-order valence-electron chi connectivity index (χ3n) is 2.20. The van der Waals surface area contributed by atoms with Crippen molar-refractivity contribution < 1.29 is 4.79 Å². The first kappa shape index (κ1) is 9.15. The first-order chi connectivity index (χ1) is 6.79. The van der Waals surface area contributed by atoms with Gasteiger partial charge in [0.2, 0.25) is 0 Å². The number of rotatable bonds is 3. The highest BCUT2D eigenvalue weighted by molar-refractivity contribution is 5.94. The minimum atomic E-state index is -0.0235. The normalized spacial score (nSPS) is 15.2. The van der Waals surface area contributed by atoms with Crippen LogP contribution in [0.5, 0.6) is 0 Å². The van der Waals surface area contributed by atoms with E-state index in [1.807, 2.05) is 0 Å². The maximum absolute atomic E-state index is 11.6. The summed E-state index contributed by atoms with van der Waals surface area (Å²) in [5.41, 5.74) is 6.83. The summed E-state index contributed by atoms with van der Waals surface area (Å²) >= 11 is 0. The van der Waals surface area contributed by atoms with Gasteiger partial charge in [0, 0.05) is 24.3 Å². The number of hydrogen-bond donors (Lipinski definition) is 2. The highest BCUT2D eigenvalue weighted by atomic mass is 16.1. The summed E-state index contributed by atoms with van der Waals surface area (Å²) in [6.07, 6.45) is 3.81. The average Bonchev–Trinajstić information content (AvgIpc) is 3.02. The van der Waals surface area contributed by atoms with Gasteiger partial charge in [-0.2, -0.15) is 0 Å². The molecule has 1 aromatic heterocycles. The van der Waals surface area contributed by atoms with Crippen LogP contribution >= 0.6 is 0 Å². The van der Waals surface area contributed by atoms with Crippen molar-refractivity contribution >= 4 is 5.91 Å². The van der Waals surface area contributed by atoms with E-state index in [1.165, 1.54) is 0 Å². The van der Waals surface area contributed by atoms with Crippen LogP contribution in [0.4, 0.5) is 0 Å². The van der Waals surface area contributed by atoms with Gasteiger partial charge in [0.05, 0.1) is 5.69 Å². The lowest BCUT2D eigenvalue weighted by Gasteiger charge is -2.03. The van der Waals surface area contributed by atoms with Gasteiger partial charge in [-0.1, -0.05) is 0 Å². The second-order valence-corrected chi connectivity index (χ2v) is 3.49. The molecule has 2 rings (SSSR count). The number of aromatic nitrogens is 1. The van der Waals surface area contributed by atoms with E-state index >= 15 is 0 Å². The lowest BCUT2D eigenvalue weighted by atomic mass is 10.2. The molecule has 0 atom stereocenters. The van der Waals surface area contributed by atoms with Crippen LogP contribution in [0.3, 0.4) is 0 Å². The molecule has 0 aromatic carbocycles. The minimum absolute atomic E-state index is 0.0235. The van der Waals surface area contributed by atoms with Gasteiger partial charge in [0.25, 0.3) is 5.91 Å². The van der Waals surface area contributed by atoms with Gasteiger partial charge in [-0.3, -0.25) is 9.78 Å². The maximum Gasteiger partial charge on any atom is 0.251 e. The largest absolute Gasteiger partial charge is 0.349 e. The van der Waals surface area contributed by atoms with Crippen LogP contribution < -0.4 is 11.1 Å². The van der Waals surface area contributed by atoms with Crippen LogP contribution in [0.2, 0.25) is 0 Å². The van der Waals surface area contributed by atoms with Crippen LogP contribution in [-0.4, -0.2) is 16.9 Å². The fourth-order valence-corrected chi connectivity index (χ4v) is 1.23. The van der Waals surface area contributed by atoms with E-state index in [2.05, 4.69) is 10.3 Å². The predicted molar refractivity (Wildman–Crippen MR) is 52.6 cm³/mol. The Labute approximate surface area is 82.5 Å². The number of carbonyl (C=O) groups is 1. The molecule has 0 unspecified atom stereocenters. The van der Waals surface area contributed by atoms with E-state index in [4.69, 9.17) is 5.73 Å². The van der Waals surface area contributed by atoms with Gasteiger partial charge in [0.15, 0.2) is 0 Å². The van der Waals surface area contributed by atoms with Crippen LogP contribution in [0.1, 0.15) is 28.9 Å². The summed E-state index contributed by atoms with van der Waals surface area (Å²) in [5, 5.41) is 2.91. The first-order valence-electron chi connectivity index (χ1n) is 4.75. The second-order valence-electron chi connectivity index (χ2n) is 3.49. The number of amides is 1. The van der Waals surface area contributed by atoms with Crippen molar-refractivity contribution in [1.82, 2.24) is 10.3 Å². The number of nitrogens with two attached hydrogens (primary N) is 1. The molecule has 74 valence electrons. The molecule has 1 amide bonds. The second kappa shape index (κ2) is 3.75. The molecule has 0 aliphatic heterocycles. The molecule has 1 fully saturated rings. The number of carbonyl (C=O) groups excluding carboxylic acids is 1. The van der Waals surface area contributed by atoms with Crippen molar-refractivity contribution in [1.29, 1.82) is 0 Å². The molecule has 1 heterocycles. The van der Waals surface area contributed by atoms with Gasteiger partial charge < -0.3 is 11.1 Å². The molecule has 0 saturated heterocycles. The molecule has 3 N–H and O–H groups in total. The molecule has 4 nitrogen and oxygen atoms in total. The molecule has 14 heavy (non-hydrogen) atoms. The number of nitrogens with one attached hydrogen (secondary N) is 1. The van der Waals surface area contributed by atoms with E-state index in [0.717, 1.165) is 18.5 Å². The van der Waals surface area contributed by atoms with E-state index in [9.17, 15) is 4.79 Å². The molecular weight excluding hydrogens is 178 g/mol. The van der Waals surface area contributed by atoms with Gasteiger partial charge >= 0.3 is 0 Å². The summed E-state index contributed by atoms with van der Waals surface area (Å²) in [4.78, 5) is 15.6. The summed E-state index contributed by atoms with van der Waals surface area (Å²) < 4.78 is 0. The van der Waals surface area contributed by atoms with E-state index < -0.39 is 0 Å². The monoisotopic (exact) mass is 191 g/mol. The van der Waals surface area contributed by atoms with Crippen LogP contribution in [0.25, 0.3) is 0 Å². The predicted octanol–water partition coefficient (Wildman–Crippen LogP) is 0.432. The SMILES string of the molecule is NCc1cc(C(=O)NC2CC2)ccn1. The quantitative estimate of drug-likeness (QED) is 0.728. The molecule has 1 aliphatic carbocycles. The van der Waals surface area contributed by atoms with E-state index in [0.29, 0.717) is 18.2 Å². The Hall–Kier alpha value is -1.42. The molecule has 1 aliphatic rings. The highest BCUT2D eigenvalue weighted by Crippen LogP contribution is 2.19. The topological polar surface area (TPSA) is 68.0 Å². The Kier molecular flexibility index (Phi) is 2.45. The molecule has 0 radical (unpaired) electrons. The van der Waals surface area contributed by atoms with Crippen LogP contribution in [0, 0.1) is 0 Å². The highest BCUT2D eigenvalue weighted by Gasteiger charge is 2.23. The average molecular weight is 191 g/mol. The van der Waals surface area contributed by atoms with Crippen molar-refractivity contribution in [3.8, 4) is 0 Å². The smallest absolute Gasteiger partial charge is 0.251 e. The third kappa shape index (κ3) is 2.09. The lowest BCUT2D eigenvalue weighted by molar-refractivity contribution is 0.0951. The fraction of sp³-hybridized carbons (Fsp3) is 0.400. The summed E-state index contributed by atoms with van der Waals surface area (Å²) in [5.74, 6) is -0.0235. The van der Waals surface area contributed by atoms with E-state index in [1.54, 1.807) is 18.3 Å². The maximum atomic E-state index is 11.6. The Morgan fingerprint density at radius 3 is 3.07 bits per heavy atom. The molecular formula is C10H13N3O. The third-order valence-corrected chi connectivity index (χ3v) is 2.20. The Morgan fingerprint density at radius 2 is 2.43 bits per heavy atom. The van der Waals surface area contributed by atoms with E-state index in [-0.39, 0.29) is 5.91 Å². The molecule has 0 spiro atoms. The molecule has 4 heteroatoms. The zero-order valence-corrected chi connectivity index (χ0v) is 7.86. The zero-order valence-electron chi connectivity index (χ0n) is 7.86. The zero-order chi connectivity index (χ0) is 9.97. The van der Waals surface area contributed by atoms with Crippen LogP contribution in [0.15, 0.2) is 18.3 Å². The van der Waals surface area contributed by atoms with Gasteiger partial charge in [-0.05, 0) is 25.0 Å². The van der Waals surface area contributed by atoms with Crippen molar-refractivity contribution in [2.24, 2.45) is 5.73 Å². The summed E-state index contributed by atoms with van der Waals surface area (Å²) in [6.45, 7) is 0.366. The minimum Gasteiger partial charge on any atom is -0.349 e. The van der Waals surface area contributed by atoms with Gasteiger partial charge in [-0.25, -0.2) is 0 Å². The Morgan fingerprint density at radius 1 is 1.64 bits per heavy atom. The van der Waals surface area contributed by atoms with Crippen molar-refractivity contribution in [2.75, 3.05) is 0 Å². The summed E-state index contributed by atoms with van der Waals surface area (Å²) in [6, 6.07) is 3.83. The molecule has 1 aromatic rings. The van der Waals surface area contributed by atoms with Crippen molar-refractivity contribution in [3.05, 3.63) is 29.6 Å². The molecule has 0 bridgehead atoms. The van der Waals surface area contributed by atoms with Crippen molar-refractivity contribution in [2.45, 2.75) is 25.4 Å². The Balaban J connectivity index is 2.09. The number of hydrogen-bond acceptors (Lipinski definition) is 3.